The van der Waals surface area contributed by atoms with E-state index in [0.717, 1.165) is 11.1 Å². The number of rotatable bonds is 8. The Kier molecular flexibility index (Phi) is 8.86. The van der Waals surface area contributed by atoms with Crippen molar-refractivity contribution < 1.29 is 23.0 Å². The van der Waals surface area contributed by atoms with E-state index in [1.165, 1.54) is 40.2 Å². The van der Waals surface area contributed by atoms with Crippen molar-refractivity contribution in [1.29, 1.82) is 0 Å². The maximum atomic E-state index is 14.0. The van der Waals surface area contributed by atoms with Crippen LogP contribution in [0, 0.1) is 11.6 Å². The van der Waals surface area contributed by atoms with Crippen LogP contribution in [-0.2, 0) is 16.1 Å². The average Bonchev–Trinajstić information content (AvgIpc) is 3.35. The van der Waals surface area contributed by atoms with Crippen molar-refractivity contribution in [2.24, 2.45) is 4.99 Å². The molecule has 2 heterocycles. The summed E-state index contributed by atoms with van der Waals surface area (Å²) >= 11 is 4.74. The number of carbonyl (C=O) groups excluding carboxylic acids is 1. The number of nitrogens with zero attached hydrogens (tertiary/aromatic N) is 2. The Morgan fingerprint density at radius 2 is 1.67 bits per heavy atom. The Balaban J connectivity index is 1.45. The van der Waals surface area contributed by atoms with Crippen molar-refractivity contribution in [3.8, 4) is 5.75 Å². The maximum Gasteiger partial charge on any atom is 0.338 e. The third kappa shape index (κ3) is 6.43. The number of ether oxygens (including phenoxy) is 2. The molecule has 226 valence electrons. The summed E-state index contributed by atoms with van der Waals surface area (Å²) < 4.78 is 41.1. The summed E-state index contributed by atoms with van der Waals surface area (Å²) in [4.78, 5) is 32.8. The van der Waals surface area contributed by atoms with E-state index >= 15 is 0 Å². The molecule has 1 atom stereocenters. The largest absolute Gasteiger partial charge is 0.488 e. The molecule has 0 aliphatic carbocycles. The van der Waals surface area contributed by atoms with Crippen LogP contribution in [0.4, 0.5) is 8.78 Å². The molecule has 6 rings (SSSR count). The second-order valence-corrected chi connectivity index (χ2v) is 12.0. The van der Waals surface area contributed by atoms with E-state index in [4.69, 9.17) is 14.5 Å². The Morgan fingerprint density at radius 3 is 2.33 bits per heavy atom. The highest BCUT2D eigenvalue weighted by molar-refractivity contribution is 9.10. The molecule has 0 spiro atoms. The highest BCUT2D eigenvalue weighted by atomic mass is 79.9. The van der Waals surface area contributed by atoms with Gasteiger partial charge in [0.1, 0.15) is 24.0 Å². The minimum absolute atomic E-state index is 0.128. The van der Waals surface area contributed by atoms with Crippen molar-refractivity contribution in [2.75, 3.05) is 6.61 Å². The van der Waals surface area contributed by atoms with E-state index in [-0.39, 0.29) is 30.2 Å². The lowest BCUT2D eigenvalue weighted by atomic mass is 9.93. The van der Waals surface area contributed by atoms with Gasteiger partial charge in [-0.25, -0.2) is 18.6 Å². The second kappa shape index (κ2) is 13.1. The van der Waals surface area contributed by atoms with Crippen LogP contribution in [-0.4, -0.2) is 17.1 Å². The molecular weight excluding hydrogens is 662 g/mol. The van der Waals surface area contributed by atoms with Crippen LogP contribution >= 0.6 is 27.3 Å². The van der Waals surface area contributed by atoms with Gasteiger partial charge in [0.15, 0.2) is 4.80 Å². The molecule has 0 fully saturated rings. The molecule has 1 aromatic heterocycles. The first-order chi connectivity index (χ1) is 21.8. The van der Waals surface area contributed by atoms with Crippen LogP contribution in [0.1, 0.15) is 35.2 Å². The number of halogens is 3. The first kappa shape index (κ1) is 30.4. The summed E-state index contributed by atoms with van der Waals surface area (Å²) in [6.45, 7) is 2.09. The van der Waals surface area contributed by atoms with E-state index in [9.17, 15) is 18.4 Å². The SMILES string of the molecule is CCOC(=O)C1=C(c2ccccc2)N=c2s/c(=C\c3ccc(OCc4ccc(F)cc4)c(Br)c3)c(=O)n2[C@@H]1c1ccc(F)cc1. The number of carbonyl (C=O) groups is 1. The van der Waals surface area contributed by atoms with Gasteiger partial charge in [0.2, 0.25) is 0 Å². The van der Waals surface area contributed by atoms with Crippen LogP contribution in [0.3, 0.4) is 0 Å². The standard InChI is InChI=1S/C35H25BrF2N2O4S/c1-2-43-34(42)30-31(23-6-4-3-5-7-23)39-35-40(32(30)24-11-15-26(38)16-12-24)33(41)29(45-35)19-22-10-17-28(27(36)18-22)44-20-21-8-13-25(37)14-9-21/h3-19,32H,2,20H2,1H3/b29-19-/t32-/m1/s1. The van der Waals surface area contributed by atoms with Gasteiger partial charge in [-0.1, -0.05) is 72.0 Å². The minimum Gasteiger partial charge on any atom is -0.488 e. The van der Waals surface area contributed by atoms with E-state index < -0.39 is 17.8 Å². The molecule has 0 N–H and O–H groups in total. The number of fused-ring (bicyclic) bond motifs is 1. The van der Waals surface area contributed by atoms with Gasteiger partial charge in [0.05, 0.1) is 32.9 Å². The molecule has 4 aromatic carbocycles. The van der Waals surface area contributed by atoms with Gasteiger partial charge in [0, 0.05) is 5.56 Å². The third-order valence-electron chi connectivity index (χ3n) is 7.12. The Hall–Kier alpha value is -4.67. The Labute approximate surface area is 269 Å². The van der Waals surface area contributed by atoms with Gasteiger partial charge < -0.3 is 9.47 Å². The molecule has 0 saturated heterocycles. The van der Waals surface area contributed by atoms with Gasteiger partial charge in [-0.3, -0.25) is 9.36 Å². The molecule has 5 aromatic rings. The Morgan fingerprint density at radius 1 is 0.978 bits per heavy atom. The minimum atomic E-state index is -0.896. The highest BCUT2D eigenvalue weighted by Crippen LogP contribution is 2.35. The second-order valence-electron chi connectivity index (χ2n) is 10.1. The van der Waals surface area contributed by atoms with E-state index in [1.54, 1.807) is 43.3 Å². The fraction of sp³-hybridized carbons (Fsp3) is 0.114. The Bertz CT molecular complexity index is 2090. The van der Waals surface area contributed by atoms with Crippen LogP contribution in [0.15, 0.2) is 117 Å². The smallest absolute Gasteiger partial charge is 0.338 e. The van der Waals surface area contributed by atoms with Gasteiger partial charge in [-0.2, -0.15) is 0 Å². The van der Waals surface area contributed by atoms with Crippen molar-refractivity contribution in [3.05, 3.63) is 161 Å². The molecule has 6 nitrogen and oxygen atoms in total. The molecule has 0 amide bonds. The van der Waals surface area contributed by atoms with E-state index in [2.05, 4.69) is 15.9 Å². The number of benzene rings is 4. The number of hydrogen-bond acceptors (Lipinski definition) is 6. The predicted octanol–water partition coefficient (Wildman–Crippen LogP) is 6.56. The highest BCUT2D eigenvalue weighted by Gasteiger charge is 2.35. The zero-order valence-corrected chi connectivity index (χ0v) is 26.3. The first-order valence-electron chi connectivity index (χ1n) is 14.0. The van der Waals surface area contributed by atoms with Crippen LogP contribution in [0.25, 0.3) is 11.8 Å². The summed E-state index contributed by atoms with van der Waals surface area (Å²) in [7, 11) is 0. The molecule has 10 heteroatoms. The molecule has 1 aliphatic rings. The predicted molar refractivity (Wildman–Crippen MR) is 172 cm³/mol. The van der Waals surface area contributed by atoms with E-state index in [0.29, 0.717) is 36.4 Å². The molecule has 0 radical (unpaired) electrons. The fourth-order valence-corrected chi connectivity index (χ4v) is 6.53. The van der Waals surface area contributed by atoms with Crippen LogP contribution in [0.2, 0.25) is 0 Å². The zero-order chi connectivity index (χ0) is 31.5. The molecular formula is C35H25BrF2N2O4S. The normalized spacial score (nSPS) is 14.6. The zero-order valence-electron chi connectivity index (χ0n) is 23.9. The number of hydrogen-bond donors (Lipinski definition) is 0. The quantitative estimate of drug-likeness (QED) is 0.174. The number of aromatic nitrogens is 1. The number of thiazole rings is 1. The lowest BCUT2D eigenvalue weighted by molar-refractivity contribution is -0.138. The van der Waals surface area contributed by atoms with Gasteiger partial charge >= 0.3 is 5.97 Å². The molecule has 0 unspecified atom stereocenters. The summed E-state index contributed by atoms with van der Waals surface area (Å²) in [5.41, 5.74) is 3.01. The van der Waals surface area contributed by atoms with Crippen molar-refractivity contribution in [3.63, 3.8) is 0 Å². The maximum absolute atomic E-state index is 14.0. The van der Waals surface area contributed by atoms with Crippen molar-refractivity contribution in [2.45, 2.75) is 19.6 Å². The summed E-state index contributed by atoms with van der Waals surface area (Å²) in [6, 6.07) is 25.6. The van der Waals surface area contributed by atoms with Crippen LogP contribution in [0.5, 0.6) is 5.75 Å². The van der Waals surface area contributed by atoms with Gasteiger partial charge in [0.25, 0.3) is 5.56 Å². The van der Waals surface area contributed by atoms with Crippen LogP contribution < -0.4 is 19.6 Å². The van der Waals surface area contributed by atoms with Crippen molar-refractivity contribution >= 4 is 45.0 Å². The number of esters is 1. The molecule has 0 bridgehead atoms. The van der Waals surface area contributed by atoms with Gasteiger partial charge in [-0.05, 0) is 82.0 Å². The van der Waals surface area contributed by atoms with Crippen molar-refractivity contribution in [1.82, 2.24) is 4.57 Å². The topological polar surface area (TPSA) is 69.9 Å². The third-order valence-corrected chi connectivity index (χ3v) is 8.72. The van der Waals surface area contributed by atoms with Gasteiger partial charge in [-0.15, -0.1) is 0 Å². The molecule has 45 heavy (non-hydrogen) atoms. The first-order valence-corrected chi connectivity index (χ1v) is 15.6. The average molecular weight is 688 g/mol. The van der Waals surface area contributed by atoms with E-state index in [1.807, 2.05) is 42.5 Å². The summed E-state index contributed by atoms with van der Waals surface area (Å²) in [5.74, 6) is -0.775. The summed E-state index contributed by atoms with van der Waals surface area (Å²) in [5, 5.41) is 0. The summed E-state index contributed by atoms with van der Waals surface area (Å²) in [6.07, 6.45) is 1.75. The fourth-order valence-electron chi connectivity index (χ4n) is 5.02. The molecule has 0 saturated carbocycles. The monoisotopic (exact) mass is 686 g/mol. The molecule has 1 aliphatic heterocycles. The lowest BCUT2D eigenvalue weighted by Gasteiger charge is -2.25. The lowest BCUT2D eigenvalue weighted by Crippen LogP contribution is -2.40.